The molecule has 1 heterocycles. The highest BCUT2D eigenvalue weighted by molar-refractivity contribution is 5.06. The maximum absolute atomic E-state index is 9.95. The number of aliphatic hydroxyl groups is 1. The minimum Gasteiger partial charge on any atom is -0.392 e. The summed E-state index contributed by atoms with van der Waals surface area (Å²) in [5.41, 5.74) is 0.124. The molecule has 0 bridgehead atoms. The number of hydrogen-bond acceptors (Lipinski definition) is 3. The molecule has 3 aliphatic rings. The molecule has 3 fully saturated rings. The molecule has 2 saturated carbocycles. The molecule has 3 atom stereocenters. The second kappa shape index (κ2) is 4.28. The summed E-state index contributed by atoms with van der Waals surface area (Å²) in [7, 11) is 0. The topological polar surface area (TPSA) is 38.7 Å². The molecule has 3 nitrogen and oxygen atoms in total. The minimum atomic E-state index is -0.107. The third-order valence-electron chi connectivity index (χ3n) is 4.78. The van der Waals surface area contributed by atoms with E-state index in [1.807, 2.05) is 0 Å². The zero-order valence-electron chi connectivity index (χ0n) is 9.86. The first-order chi connectivity index (χ1) is 7.81. The standard InChI is InChI=1S/C13H22O3/c14-11-8-12(13(11)5-1-2-6-13)16-9-10-4-3-7-15-10/h10-12,14H,1-9H2. The van der Waals surface area contributed by atoms with Gasteiger partial charge in [0.05, 0.1) is 24.9 Å². The van der Waals surface area contributed by atoms with Crippen molar-refractivity contribution in [2.75, 3.05) is 13.2 Å². The number of rotatable bonds is 3. The Labute approximate surface area is 97.1 Å². The van der Waals surface area contributed by atoms with Crippen molar-refractivity contribution in [3.05, 3.63) is 0 Å². The van der Waals surface area contributed by atoms with Crippen LogP contribution in [0.4, 0.5) is 0 Å². The van der Waals surface area contributed by atoms with Crippen molar-refractivity contribution in [2.24, 2.45) is 5.41 Å². The maximum Gasteiger partial charge on any atom is 0.0809 e. The Kier molecular flexibility index (Phi) is 2.94. The van der Waals surface area contributed by atoms with Gasteiger partial charge >= 0.3 is 0 Å². The van der Waals surface area contributed by atoms with Gasteiger partial charge in [0.15, 0.2) is 0 Å². The number of aliphatic hydroxyl groups excluding tert-OH is 1. The van der Waals surface area contributed by atoms with Gasteiger partial charge in [0, 0.05) is 18.4 Å². The van der Waals surface area contributed by atoms with E-state index in [1.165, 1.54) is 19.3 Å². The quantitative estimate of drug-likeness (QED) is 0.798. The van der Waals surface area contributed by atoms with Crippen molar-refractivity contribution in [3.63, 3.8) is 0 Å². The third kappa shape index (κ3) is 1.69. The van der Waals surface area contributed by atoms with Crippen LogP contribution in [0, 0.1) is 5.41 Å². The zero-order chi connectivity index (χ0) is 11.0. The lowest BCUT2D eigenvalue weighted by Crippen LogP contribution is -2.57. The van der Waals surface area contributed by atoms with Gasteiger partial charge in [-0.3, -0.25) is 0 Å². The summed E-state index contributed by atoms with van der Waals surface area (Å²) in [4.78, 5) is 0. The molecule has 0 amide bonds. The van der Waals surface area contributed by atoms with Gasteiger partial charge in [0.2, 0.25) is 0 Å². The molecule has 16 heavy (non-hydrogen) atoms. The molecule has 1 N–H and O–H groups in total. The van der Waals surface area contributed by atoms with Gasteiger partial charge in [-0.05, 0) is 25.7 Å². The van der Waals surface area contributed by atoms with Gasteiger partial charge in [-0.1, -0.05) is 12.8 Å². The predicted molar refractivity (Wildman–Crippen MR) is 60.2 cm³/mol. The molecule has 1 saturated heterocycles. The van der Waals surface area contributed by atoms with Gasteiger partial charge in [0.1, 0.15) is 0 Å². The number of hydrogen-bond donors (Lipinski definition) is 1. The molecule has 92 valence electrons. The Hall–Kier alpha value is -0.120. The van der Waals surface area contributed by atoms with Crippen LogP contribution in [0.1, 0.15) is 44.9 Å². The molecule has 0 aromatic rings. The van der Waals surface area contributed by atoms with E-state index >= 15 is 0 Å². The Morgan fingerprint density at radius 3 is 2.69 bits per heavy atom. The van der Waals surface area contributed by atoms with E-state index in [0.717, 1.165) is 38.9 Å². The highest BCUT2D eigenvalue weighted by atomic mass is 16.5. The Balaban J connectivity index is 1.51. The summed E-state index contributed by atoms with van der Waals surface area (Å²) >= 11 is 0. The van der Waals surface area contributed by atoms with Crippen molar-refractivity contribution >= 4 is 0 Å². The molecule has 1 spiro atoms. The molecule has 2 aliphatic carbocycles. The molecule has 1 aliphatic heterocycles. The largest absolute Gasteiger partial charge is 0.392 e. The normalized spacial score (nSPS) is 41.4. The van der Waals surface area contributed by atoms with Gasteiger partial charge in [-0.25, -0.2) is 0 Å². The molecule has 0 aromatic heterocycles. The summed E-state index contributed by atoms with van der Waals surface area (Å²) < 4.78 is 11.5. The summed E-state index contributed by atoms with van der Waals surface area (Å²) in [5, 5.41) is 9.95. The first kappa shape index (κ1) is 11.0. The zero-order valence-corrected chi connectivity index (χ0v) is 9.86. The molecule has 3 heteroatoms. The van der Waals surface area contributed by atoms with Crippen LogP contribution >= 0.6 is 0 Å². The maximum atomic E-state index is 9.95. The SMILES string of the molecule is OC1CC(OCC2CCCO2)C12CCCC2. The van der Waals surface area contributed by atoms with Gasteiger partial charge in [0.25, 0.3) is 0 Å². The van der Waals surface area contributed by atoms with E-state index in [2.05, 4.69) is 0 Å². The van der Waals surface area contributed by atoms with E-state index in [4.69, 9.17) is 9.47 Å². The van der Waals surface area contributed by atoms with E-state index in [1.54, 1.807) is 0 Å². The lowest BCUT2D eigenvalue weighted by molar-refractivity contribution is -0.198. The van der Waals surface area contributed by atoms with E-state index in [9.17, 15) is 5.11 Å². The van der Waals surface area contributed by atoms with E-state index in [0.29, 0.717) is 12.2 Å². The van der Waals surface area contributed by atoms with Crippen LogP contribution < -0.4 is 0 Å². The van der Waals surface area contributed by atoms with Crippen LogP contribution in [0.15, 0.2) is 0 Å². The van der Waals surface area contributed by atoms with Crippen LogP contribution in [-0.2, 0) is 9.47 Å². The Morgan fingerprint density at radius 2 is 2.06 bits per heavy atom. The predicted octanol–water partition coefficient (Wildman–Crippen LogP) is 1.88. The molecular formula is C13H22O3. The lowest BCUT2D eigenvalue weighted by Gasteiger charge is -2.51. The number of ether oxygens (including phenoxy) is 2. The van der Waals surface area contributed by atoms with Crippen LogP contribution in [0.3, 0.4) is 0 Å². The average molecular weight is 226 g/mol. The molecular weight excluding hydrogens is 204 g/mol. The first-order valence-electron chi connectivity index (χ1n) is 6.72. The molecule has 3 rings (SSSR count). The van der Waals surface area contributed by atoms with Gasteiger partial charge < -0.3 is 14.6 Å². The van der Waals surface area contributed by atoms with Crippen molar-refractivity contribution in [2.45, 2.75) is 63.3 Å². The summed E-state index contributed by atoms with van der Waals surface area (Å²) in [5.74, 6) is 0. The second-order valence-electron chi connectivity index (χ2n) is 5.65. The average Bonchev–Trinajstić information content (AvgIpc) is 2.95. The van der Waals surface area contributed by atoms with Crippen LogP contribution in [0.2, 0.25) is 0 Å². The van der Waals surface area contributed by atoms with Crippen LogP contribution in [0.5, 0.6) is 0 Å². The van der Waals surface area contributed by atoms with Crippen molar-refractivity contribution in [1.82, 2.24) is 0 Å². The fraction of sp³-hybridized carbons (Fsp3) is 1.00. The van der Waals surface area contributed by atoms with Crippen LogP contribution in [-0.4, -0.2) is 36.6 Å². The van der Waals surface area contributed by atoms with Crippen molar-refractivity contribution in [1.29, 1.82) is 0 Å². The summed E-state index contributed by atoms with van der Waals surface area (Å²) in [6, 6.07) is 0. The van der Waals surface area contributed by atoms with Crippen molar-refractivity contribution in [3.8, 4) is 0 Å². The molecule has 0 aromatic carbocycles. The van der Waals surface area contributed by atoms with E-state index in [-0.39, 0.29) is 11.5 Å². The molecule has 3 unspecified atom stereocenters. The minimum absolute atomic E-state index is 0.107. The fourth-order valence-electron chi connectivity index (χ4n) is 3.65. The highest BCUT2D eigenvalue weighted by Gasteiger charge is 2.56. The lowest BCUT2D eigenvalue weighted by atomic mass is 9.62. The first-order valence-corrected chi connectivity index (χ1v) is 6.72. The summed E-state index contributed by atoms with van der Waals surface area (Å²) in [6.07, 6.45) is 8.50. The third-order valence-corrected chi connectivity index (χ3v) is 4.78. The monoisotopic (exact) mass is 226 g/mol. The Bertz CT molecular complexity index is 242. The highest BCUT2D eigenvalue weighted by Crippen LogP contribution is 2.54. The smallest absolute Gasteiger partial charge is 0.0809 e. The van der Waals surface area contributed by atoms with Crippen molar-refractivity contribution < 1.29 is 14.6 Å². The van der Waals surface area contributed by atoms with Gasteiger partial charge in [-0.15, -0.1) is 0 Å². The molecule has 0 radical (unpaired) electrons. The fourth-order valence-corrected chi connectivity index (χ4v) is 3.65. The Morgan fingerprint density at radius 1 is 1.25 bits per heavy atom. The van der Waals surface area contributed by atoms with E-state index < -0.39 is 0 Å². The second-order valence-corrected chi connectivity index (χ2v) is 5.65. The summed E-state index contributed by atoms with van der Waals surface area (Å²) in [6.45, 7) is 1.63. The van der Waals surface area contributed by atoms with Gasteiger partial charge in [-0.2, -0.15) is 0 Å². The van der Waals surface area contributed by atoms with Crippen LogP contribution in [0.25, 0.3) is 0 Å².